The first kappa shape index (κ1) is 22.0. The number of benzene rings is 2. The monoisotopic (exact) mass is 458 g/mol. The first-order chi connectivity index (χ1) is 15.2. The highest BCUT2D eigenvalue weighted by Gasteiger charge is 2.50. The highest BCUT2D eigenvalue weighted by Crippen LogP contribution is 2.33. The molecule has 1 aliphatic heterocycles. The van der Waals surface area contributed by atoms with E-state index in [1.807, 2.05) is 0 Å². The summed E-state index contributed by atoms with van der Waals surface area (Å²) in [5.74, 6) is -2.10. The zero-order valence-electron chi connectivity index (χ0n) is 17.2. The van der Waals surface area contributed by atoms with Gasteiger partial charge in [-0.2, -0.15) is 0 Å². The van der Waals surface area contributed by atoms with Gasteiger partial charge in [0.2, 0.25) is 5.60 Å². The fraction of sp³-hybridized carbons (Fsp3) is 0.261. The molecule has 7 nitrogen and oxygen atoms in total. The van der Waals surface area contributed by atoms with Gasteiger partial charge in [0, 0.05) is 42.5 Å². The van der Waals surface area contributed by atoms with E-state index in [1.165, 1.54) is 24.1 Å². The Balaban J connectivity index is 1.50. The summed E-state index contributed by atoms with van der Waals surface area (Å²) in [6.45, 7) is 0.151. The first-order valence-corrected chi connectivity index (χ1v) is 10.4. The van der Waals surface area contributed by atoms with E-state index in [2.05, 4.69) is 5.32 Å². The Bertz CT molecular complexity index is 1220. The minimum atomic E-state index is -2.14. The van der Waals surface area contributed by atoms with Crippen molar-refractivity contribution in [1.82, 2.24) is 5.32 Å². The van der Waals surface area contributed by atoms with Crippen LogP contribution < -0.4 is 10.2 Å². The van der Waals surface area contributed by atoms with Crippen molar-refractivity contribution < 1.29 is 28.3 Å². The number of aryl methyl sites for hydroxylation is 1. The molecule has 2 amide bonds. The number of amides is 2. The Labute approximate surface area is 187 Å². The second kappa shape index (κ2) is 8.37. The Kier molecular flexibility index (Phi) is 5.75. The van der Waals surface area contributed by atoms with Crippen LogP contribution in [0.5, 0.6) is 0 Å². The average molecular weight is 459 g/mol. The van der Waals surface area contributed by atoms with Gasteiger partial charge in [-0.1, -0.05) is 11.6 Å². The van der Waals surface area contributed by atoms with Crippen LogP contribution in [0, 0.1) is 5.82 Å². The van der Waals surface area contributed by atoms with Crippen LogP contribution >= 0.6 is 11.6 Å². The van der Waals surface area contributed by atoms with Gasteiger partial charge < -0.3 is 19.7 Å². The molecule has 0 saturated carbocycles. The van der Waals surface area contributed by atoms with Crippen LogP contribution in [0.4, 0.5) is 10.1 Å². The summed E-state index contributed by atoms with van der Waals surface area (Å²) >= 11 is 5.83. The summed E-state index contributed by atoms with van der Waals surface area (Å²) in [5, 5.41) is 14.2. The summed E-state index contributed by atoms with van der Waals surface area (Å²) in [6.07, 6.45) is -0.0389. The average Bonchev–Trinajstić information content (AvgIpc) is 3.32. The number of nitrogens with zero attached hydrogens (tertiary/aromatic N) is 1. The van der Waals surface area contributed by atoms with Crippen molar-refractivity contribution in [3.63, 3.8) is 0 Å². The lowest BCUT2D eigenvalue weighted by Gasteiger charge is -2.21. The van der Waals surface area contributed by atoms with Gasteiger partial charge in [0.15, 0.2) is 11.5 Å². The van der Waals surface area contributed by atoms with Crippen molar-refractivity contribution in [2.24, 2.45) is 0 Å². The number of halogens is 2. The van der Waals surface area contributed by atoms with Gasteiger partial charge in [0.05, 0.1) is 0 Å². The molecular weight excluding hydrogens is 439 g/mol. The van der Waals surface area contributed by atoms with Gasteiger partial charge in [0.1, 0.15) is 11.4 Å². The van der Waals surface area contributed by atoms with Crippen molar-refractivity contribution in [3.8, 4) is 0 Å². The molecule has 0 aliphatic carbocycles. The molecule has 0 bridgehead atoms. The molecule has 1 saturated heterocycles. The Morgan fingerprint density at radius 2 is 2.03 bits per heavy atom. The van der Waals surface area contributed by atoms with Crippen LogP contribution in [0.1, 0.15) is 29.0 Å². The Hall–Kier alpha value is -3.23. The molecule has 9 heteroatoms. The summed E-state index contributed by atoms with van der Waals surface area (Å²) in [7, 11) is 1.49. The second-order valence-corrected chi connectivity index (χ2v) is 8.12. The minimum Gasteiger partial charge on any atom is -0.451 e. The van der Waals surface area contributed by atoms with Crippen LogP contribution in [-0.2, 0) is 16.0 Å². The topological polar surface area (TPSA) is 99.9 Å². The number of carbonyl (C=O) groups is 3. The number of hydrogen-bond donors (Lipinski definition) is 2. The Morgan fingerprint density at radius 3 is 2.75 bits per heavy atom. The Morgan fingerprint density at radius 1 is 1.25 bits per heavy atom. The number of rotatable bonds is 6. The van der Waals surface area contributed by atoms with E-state index < -0.39 is 23.1 Å². The van der Waals surface area contributed by atoms with Crippen LogP contribution in [0.15, 0.2) is 46.9 Å². The fourth-order valence-electron chi connectivity index (χ4n) is 3.86. The van der Waals surface area contributed by atoms with Gasteiger partial charge in [-0.15, -0.1) is 0 Å². The maximum absolute atomic E-state index is 13.5. The van der Waals surface area contributed by atoms with Gasteiger partial charge in [-0.05, 0) is 54.4 Å². The number of furan rings is 1. The molecule has 0 spiro atoms. The van der Waals surface area contributed by atoms with Gasteiger partial charge in [0.25, 0.3) is 11.8 Å². The molecular formula is C23H20ClFN2O5. The number of carbonyl (C=O) groups excluding carboxylic acids is 3. The number of nitrogens with one attached hydrogen (secondary N) is 1. The largest absolute Gasteiger partial charge is 0.451 e. The molecule has 3 aromatic rings. The second-order valence-electron chi connectivity index (χ2n) is 7.68. The molecule has 166 valence electrons. The summed E-state index contributed by atoms with van der Waals surface area (Å²) in [5.41, 5.74) is -0.687. The van der Waals surface area contributed by atoms with E-state index in [9.17, 15) is 23.9 Å². The maximum Gasteiger partial charge on any atom is 0.286 e. The molecule has 1 aliphatic rings. The van der Waals surface area contributed by atoms with E-state index in [0.717, 1.165) is 6.07 Å². The smallest absolute Gasteiger partial charge is 0.286 e. The molecule has 0 radical (unpaired) electrons. The highest BCUT2D eigenvalue weighted by molar-refractivity contribution is 6.30. The van der Waals surface area contributed by atoms with E-state index in [1.54, 1.807) is 24.3 Å². The molecule has 1 unspecified atom stereocenters. The molecule has 1 fully saturated rings. The molecule has 2 heterocycles. The number of Topliss-reactive ketones (excluding diaryl/α,β-unsaturated/α-hetero) is 1. The predicted octanol–water partition coefficient (Wildman–Crippen LogP) is 3.25. The van der Waals surface area contributed by atoms with Crippen molar-refractivity contribution >= 4 is 45.9 Å². The normalized spacial score (nSPS) is 18.4. The zero-order valence-corrected chi connectivity index (χ0v) is 17.9. The first-order valence-electron chi connectivity index (χ1n) is 9.99. The molecule has 32 heavy (non-hydrogen) atoms. The highest BCUT2D eigenvalue weighted by atomic mass is 35.5. The quantitative estimate of drug-likeness (QED) is 0.552. The molecule has 2 N–H and O–H groups in total. The lowest BCUT2D eigenvalue weighted by molar-refractivity contribution is -0.147. The van der Waals surface area contributed by atoms with Crippen LogP contribution in [-0.4, -0.2) is 41.9 Å². The summed E-state index contributed by atoms with van der Waals surface area (Å²) in [6, 6.07) is 10.4. The fourth-order valence-corrected chi connectivity index (χ4v) is 4.11. The summed E-state index contributed by atoms with van der Waals surface area (Å²) in [4.78, 5) is 38.8. The number of hydrogen-bond acceptors (Lipinski definition) is 5. The standard InChI is InChI=1S/C23H20ClFN2O5/c1-26-21(29)19-11-14-10-17(3-4-18(14)32-19)27-7-6-23(31,22(27)30)20(28)5-2-13-8-15(24)12-16(25)9-13/h3-4,8-12,31H,2,5-7H2,1H3,(H,26,29). The minimum absolute atomic E-state index is 0.0541. The van der Waals surface area contributed by atoms with Gasteiger partial charge in [-0.25, -0.2) is 4.39 Å². The van der Waals surface area contributed by atoms with Gasteiger partial charge >= 0.3 is 0 Å². The SMILES string of the molecule is CNC(=O)c1cc2cc(N3CCC(O)(C(=O)CCc4cc(F)cc(Cl)c4)C3=O)ccc2o1. The maximum atomic E-state index is 13.5. The van der Waals surface area contributed by atoms with E-state index in [-0.39, 0.29) is 42.5 Å². The van der Waals surface area contributed by atoms with Crippen LogP contribution in [0.3, 0.4) is 0 Å². The lowest BCUT2D eigenvalue weighted by atomic mass is 9.92. The number of fused-ring (bicyclic) bond motifs is 1. The third-order valence-corrected chi connectivity index (χ3v) is 5.80. The third kappa shape index (κ3) is 3.99. The number of anilines is 1. The van der Waals surface area contributed by atoms with E-state index >= 15 is 0 Å². The van der Waals surface area contributed by atoms with Crippen molar-refractivity contribution in [3.05, 3.63) is 64.6 Å². The zero-order chi connectivity index (χ0) is 23.0. The predicted molar refractivity (Wildman–Crippen MR) is 116 cm³/mol. The molecule has 2 aromatic carbocycles. The number of ketones is 1. The van der Waals surface area contributed by atoms with Crippen LogP contribution in [0.25, 0.3) is 11.0 Å². The molecule has 1 atom stereocenters. The third-order valence-electron chi connectivity index (χ3n) is 5.58. The van der Waals surface area contributed by atoms with Crippen molar-refractivity contribution in [2.75, 3.05) is 18.5 Å². The van der Waals surface area contributed by atoms with Gasteiger partial charge in [-0.3, -0.25) is 14.4 Å². The summed E-state index contributed by atoms with van der Waals surface area (Å²) < 4.78 is 19.0. The van der Waals surface area contributed by atoms with Crippen molar-refractivity contribution in [2.45, 2.75) is 24.9 Å². The molecule has 4 rings (SSSR count). The number of aliphatic hydroxyl groups is 1. The molecule has 1 aromatic heterocycles. The van der Waals surface area contributed by atoms with Crippen LogP contribution in [0.2, 0.25) is 5.02 Å². The van der Waals surface area contributed by atoms with Crippen molar-refractivity contribution in [1.29, 1.82) is 0 Å². The van der Waals surface area contributed by atoms with E-state index in [4.69, 9.17) is 16.0 Å². The lowest BCUT2D eigenvalue weighted by Crippen LogP contribution is -2.47. The van der Waals surface area contributed by atoms with E-state index in [0.29, 0.717) is 22.2 Å².